The highest BCUT2D eigenvalue weighted by molar-refractivity contribution is 5.80. The molecule has 1 aromatic carbocycles. The highest BCUT2D eigenvalue weighted by atomic mass is 19.3. The zero-order chi connectivity index (χ0) is 19.1. The van der Waals surface area contributed by atoms with E-state index in [4.69, 9.17) is 4.74 Å². The van der Waals surface area contributed by atoms with Crippen LogP contribution in [0.4, 0.5) is 8.78 Å². The summed E-state index contributed by atoms with van der Waals surface area (Å²) in [5, 5.41) is 3.24. The maximum atomic E-state index is 12.9. The Balaban J connectivity index is 1.58. The highest BCUT2D eigenvalue weighted by Crippen LogP contribution is 2.19. The summed E-state index contributed by atoms with van der Waals surface area (Å²) in [6, 6.07) is 9.81. The Hall–Kier alpha value is -2.64. The van der Waals surface area contributed by atoms with Gasteiger partial charge < -0.3 is 15.0 Å². The lowest BCUT2D eigenvalue weighted by molar-refractivity contribution is 0.0670. The number of para-hydroxylation sites is 1. The minimum absolute atomic E-state index is 0.111. The van der Waals surface area contributed by atoms with Gasteiger partial charge in [-0.3, -0.25) is 4.57 Å². The van der Waals surface area contributed by atoms with Crippen LogP contribution in [0, 0.1) is 0 Å². The van der Waals surface area contributed by atoms with Crippen molar-refractivity contribution in [1.29, 1.82) is 0 Å². The van der Waals surface area contributed by atoms with Crippen molar-refractivity contribution in [3.63, 3.8) is 0 Å². The van der Waals surface area contributed by atoms with E-state index in [0.717, 1.165) is 42.2 Å². The van der Waals surface area contributed by atoms with Crippen LogP contribution in [0.2, 0.25) is 0 Å². The van der Waals surface area contributed by atoms with E-state index >= 15 is 0 Å². The first-order valence-corrected chi connectivity index (χ1v) is 9.22. The molecule has 146 valence electrons. The summed E-state index contributed by atoms with van der Waals surface area (Å²) in [5.74, 6) is 1.86. The van der Waals surface area contributed by atoms with Crippen LogP contribution in [0.5, 0.6) is 5.75 Å². The van der Waals surface area contributed by atoms with Crippen LogP contribution >= 0.6 is 0 Å². The van der Waals surface area contributed by atoms with Gasteiger partial charge in [0.05, 0.1) is 0 Å². The maximum Gasteiger partial charge on any atom is 0.319 e. The number of hydrogen-bond donors (Lipinski definition) is 1. The van der Waals surface area contributed by atoms with Crippen molar-refractivity contribution >= 4 is 5.96 Å². The number of halogens is 2. The number of likely N-dealkylation sites (tertiary alicyclic amines) is 1. The van der Waals surface area contributed by atoms with Gasteiger partial charge >= 0.3 is 6.55 Å². The molecule has 1 N–H and O–H groups in total. The molecule has 2 heterocycles. The Morgan fingerprint density at radius 2 is 2.04 bits per heavy atom. The van der Waals surface area contributed by atoms with Crippen molar-refractivity contribution < 1.29 is 13.5 Å². The molecule has 1 aliphatic rings. The molecule has 0 radical (unpaired) electrons. The molecule has 0 amide bonds. The first-order chi connectivity index (χ1) is 13.2. The monoisotopic (exact) mass is 377 g/mol. The van der Waals surface area contributed by atoms with Crippen LogP contribution < -0.4 is 10.1 Å². The number of nitrogens with zero attached hydrogens (tertiary/aromatic N) is 4. The van der Waals surface area contributed by atoms with Gasteiger partial charge in [-0.2, -0.15) is 8.78 Å². The number of rotatable bonds is 6. The largest absolute Gasteiger partial charge is 0.490 e. The molecule has 1 aliphatic heterocycles. The molecule has 27 heavy (non-hydrogen) atoms. The second kappa shape index (κ2) is 9.34. The van der Waals surface area contributed by atoms with Crippen LogP contribution in [-0.4, -0.2) is 46.1 Å². The average Bonchev–Trinajstić information content (AvgIpc) is 3.16. The lowest BCUT2D eigenvalue weighted by Gasteiger charge is -2.34. The van der Waals surface area contributed by atoms with E-state index in [1.54, 1.807) is 0 Å². The molecule has 0 unspecified atom stereocenters. The van der Waals surface area contributed by atoms with Gasteiger partial charge in [-0.05, 0) is 19.1 Å². The van der Waals surface area contributed by atoms with E-state index in [9.17, 15) is 8.78 Å². The van der Waals surface area contributed by atoms with E-state index in [1.165, 1.54) is 12.4 Å². The maximum absolute atomic E-state index is 12.9. The molecule has 0 spiro atoms. The summed E-state index contributed by atoms with van der Waals surface area (Å²) < 4.78 is 32.8. The lowest BCUT2D eigenvalue weighted by Crippen LogP contribution is -2.47. The number of imidazole rings is 1. The third kappa shape index (κ3) is 5.18. The molecule has 0 saturated carbocycles. The number of piperidine rings is 1. The van der Waals surface area contributed by atoms with E-state index in [1.807, 2.05) is 37.3 Å². The van der Waals surface area contributed by atoms with Crippen LogP contribution in [0.25, 0.3) is 0 Å². The Labute approximate surface area is 157 Å². The van der Waals surface area contributed by atoms with Gasteiger partial charge in [-0.1, -0.05) is 18.2 Å². The summed E-state index contributed by atoms with van der Waals surface area (Å²) >= 11 is 0. The predicted octanol–water partition coefficient (Wildman–Crippen LogP) is 3.29. The van der Waals surface area contributed by atoms with Gasteiger partial charge in [-0.15, -0.1) is 0 Å². The molecule has 3 rings (SSSR count). The molecular weight excluding hydrogens is 352 g/mol. The second-order valence-electron chi connectivity index (χ2n) is 6.32. The molecule has 0 aliphatic carbocycles. The Morgan fingerprint density at radius 1 is 1.30 bits per heavy atom. The summed E-state index contributed by atoms with van der Waals surface area (Å²) in [6.07, 6.45) is 4.57. The molecule has 8 heteroatoms. The molecule has 1 saturated heterocycles. The SMILES string of the molecule is CCNC(=NCc1nccn1C(F)F)N1CCC(Oc2ccccc2)CC1. The van der Waals surface area contributed by atoms with Gasteiger partial charge in [0.15, 0.2) is 5.96 Å². The van der Waals surface area contributed by atoms with E-state index in [2.05, 4.69) is 20.2 Å². The van der Waals surface area contributed by atoms with Crippen molar-refractivity contribution in [3.05, 3.63) is 48.5 Å². The number of guanidine groups is 1. The van der Waals surface area contributed by atoms with Gasteiger partial charge in [0.1, 0.15) is 24.2 Å². The van der Waals surface area contributed by atoms with Gasteiger partial charge in [-0.25, -0.2) is 9.98 Å². The third-order valence-electron chi connectivity index (χ3n) is 4.45. The quantitative estimate of drug-likeness (QED) is 0.620. The molecule has 1 fully saturated rings. The van der Waals surface area contributed by atoms with E-state index < -0.39 is 6.55 Å². The first kappa shape index (κ1) is 19.1. The van der Waals surface area contributed by atoms with Gasteiger partial charge in [0, 0.05) is 44.9 Å². The second-order valence-corrected chi connectivity index (χ2v) is 6.32. The molecule has 2 aromatic rings. The third-order valence-corrected chi connectivity index (χ3v) is 4.45. The van der Waals surface area contributed by atoms with Crippen molar-refractivity contribution in [2.24, 2.45) is 4.99 Å². The molecule has 0 bridgehead atoms. The van der Waals surface area contributed by atoms with Crippen molar-refractivity contribution in [1.82, 2.24) is 19.8 Å². The summed E-state index contributed by atoms with van der Waals surface area (Å²) in [4.78, 5) is 10.6. The molecule has 6 nitrogen and oxygen atoms in total. The minimum Gasteiger partial charge on any atom is -0.490 e. The fourth-order valence-electron chi connectivity index (χ4n) is 3.09. The minimum atomic E-state index is -2.61. The van der Waals surface area contributed by atoms with Crippen LogP contribution in [0.3, 0.4) is 0 Å². The lowest BCUT2D eigenvalue weighted by atomic mass is 10.1. The molecular formula is C19H25F2N5O. The van der Waals surface area contributed by atoms with Crippen molar-refractivity contribution in [2.45, 2.75) is 39.0 Å². The summed E-state index contributed by atoms with van der Waals surface area (Å²) in [6.45, 7) is 1.80. The smallest absolute Gasteiger partial charge is 0.319 e. The zero-order valence-corrected chi connectivity index (χ0v) is 15.4. The van der Waals surface area contributed by atoms with Gasteiger partial charge in [0.2, 0.25) is 0 Å². The van der Waals surface area contributed by atoms with Gasteiger partial charge in [0.25, 0.3) is 0 Å². The zero-order valence-electron chi connectivity index (χ0n) is 15.4. The van der Waals surface area contributed by atoms with Crippen LogP contribution in [0.15, 0.2) is 47.7 Å². The van der Waals surface area contributed by atoms with Crippen molar-refractivity contribution in [2.75, 3.05) is 19.6 Å². The van der Waals surface area contributed by atoms with E-state index in [-0.39, 0.29) is 18.5 Å². The van der Waals surface area contributed by atoms with Crippen LogP contribution in [-0.2, 0) is 6.54 Å². The number of nitrogens with one attached hydrogen (secondary N) is 1. The first-order valence-electron chi connectivity index (χ1n) is 9.22. The fourth-order valence-corrected chi connectivity index (χ4v) is 3.09. The van der Waals surface area contributed by atoms with Crippen LogP contribution in [0.1, 0.15) is 32.1 Å². The number of hydrogen-bond acceptors (Lipinski definition) is 3. The Bertz CT molecular complexity index is 727. The Kier molecular flexibility index (Phi) is 6.62. The number of aliphatic imine (C=N–C) groups is 1. The summed E-state index contributed by atoms with van der Waals surface area (Å²) in [5.41, 5.74) is 0. The number of alkyl halides is 2. The average molecular weight is 377 g/mol. The van der Waals surface area contributed by atoms with E-state index in [0.29, 0.717) is 6.54 Å². The number of benzene rings is 1. The highest BCUT2D eigenvalue weighted by Gasteiger charge is 2.23. The molecule has 1 aromatic heterocycles. The number of ether oxygens (including phenoxy) is 1. The number of aromatic nitrogens is 2. The molecule has 0 atom stereocenters. The predicted molar refractivity (Wildman–Crippen MR) is 100.0 cm³/mol. The topological polar surface area (TPSA) is 54.7 Å². The fraction of sp³-hybridized carbons (Fsp3) is 0.474. The summed E-state index contributed by atoms with van der Waals surface area (Å²) in [7, 11) is 0. The Morgan fingerprint density at radius 3 is 2.70 bits per heavy atom. The van der Waals surface area contributed by atoms with Crippen molar-refractivity contribution in [3.8, 4) is 5.75 Å². The standard InChI is InChI=1S/C19H25F2N5O/c1-2-22-19(24-14-17-23-10-13-26(17)18(20)21)25-11-8-16(9-12-25)27-15-6-4-3-5-7-15/h3-7,10,13,16,18H,2,8-9,11-12,14H2,1H3,(H,22,24). The normalized spacial score (nSPS) is 16.0.